The second-order valence-electron chi connectivity index (χ2n) is 6.13. The van der Waals surface area contributed by atoms with Gasteiger partial charge in [-0.15, -0.1) is 0 Å². The SMILES string of the molecule is CCC1(CC)CCN(C(=S)NC2CCCC2)CC1. The topological polar surface area (TPSA) is 15.3 Å². The Labute approximate surface area is 118 Å². The molecule has 2 nitrogen and oxygen atoms in total. The summed E-state index contributed by atoms with van der Waals surface area (Å²) in [5.41, 5.74) is 0.597. The third kappa shape index (κ3) is 3.17. The van der Waals surface area contributed by atoms with Crippen molar-refractivity contribution in [1.29, 1.82) is 0 Å². The molecule has 1 N–H and O–H groups in total. The lowest BCUT2D eigenvalue weighted by Gasteiger charge is -2.42. The summed E-state index contributed by atoms with van der Waals surface area (Å²) < 4.78 is 0. The summed E-state index contributed by atoms with van der Waals surface area (Å²) in [6.07, 6.45) is 10.6. The van der Waals surface area contributed by atoms with Gasteiger partial charge in [0, 0.05) is 19.1 Å². The second kappa shape index (κ2) is 6.23. The van der Waals surface area contributed by atoms with Crippen LogP contribution in [0, 0.1) is 5.41 Å². The molecule has 1 aliphatic carbocycles. The Hall–Kier alpha value is -0.310. The van der Waals surface area contributed by atoms with E-state index in [0.717, 1.165) is 18.2 Å². The minimum atomic E-state index is 0.597. The number of piperidine rings is 1. The number of likely N-dealkylation sites (tertiary alicyclic amines) is 1. The Morgan fingerprint density at radius 3 is 2.22 bits per heavy atom. The van der Waals surface area contributed by atoms with Crippen molar-refractivity contribution in [3.05, 3.63) is 0 Å². The van der Waals surface area contributed by atoms with Crippen LogP contribution >= 0.6 is 12.2 Å². The number of hydrogen-bond acceptors (Lipinski definition) is 1. The van der Waals surface area contributed by atoms with Crippen LogP contribution in [0.1, 0.15) is 65.2 Å². The minimum absolute atomic E-state index is 0.597. The van der Waals surface area contributed by atoms with E-state index in [1.165, 1.54) is 51.4 Å². The smallest absolute Gasteiger partial charge is 0.169 e. The molecule has 18 heavy (non-hydrogen) atoms. The lowest BCUT2D eigenvalue weighted by molar-refractivity contribution is 0.135. The van der Waals surface area contributed by atoms with Crippen LogP contribution in [0.2, 0.25) is 0 Å². The van der Waals surface area contributed by atoms with Crippen LogP contribution in [0.25, 0.3) is 0 Å². The van der Waals surface area contributed by atoms with Crippen LogP contribution in [0.15, 0.2) is 0 Å². The van der Waals surface area contributed by atoms with Crippen molar-refractivity contribution >= 4 is 17.3 Å². The number of thiocarbonyl (C=S) groups is 1. The summed E-state index contributed by atoms with van der Waals surface area (Å²) in [5, 5.41) is 4.59. The highest BCUT2D eigenvalue weighted by atomic mass is 32.1. The maximum atomic E-state index is 5.57. The van der Waals surface area contributed by atoms with E-state index in [0.29, 0.717) is 11.5 Å². The normalized spacial score (nSPS) is 24.2. The van der Waals surface area contributed by atoms with E-state index in [1.54, 1.807) is 0 Å². The summed E-state index contributed by atoms with van der Waals surface area (Å²) in [7, 11) is 0. The van der Waals surface area contributed by atoms with Gasteiger partial charge in [-0.3, -0.25) is 0 Å². The average molecular weight is 268 g/mol. The third-order valence-corrected chi connectivity index (χ3v) is 5.67. The van der Waals surface area contributed by atoms with Crippen molar-refractivity contribution in [2.24, 2.45) is 5.41 Å². The zero-order chi connectivity index (χ0) is 13.0. The molecule has 1 saturated carbocycles. The molecule has 0 aromatic heterocycles. The van der Waals surface area contributed by atoms with E-state index < -0.39 is 0 Å². The van der Waals surface area contributed by atoms with Gasteiger partial charge in [0.25, 0.3) is 0 Å². The first-order valence-corrected chi connectivity index (χ1v) is 8.15. The van der Waals surface area contributed by atoms with Gasteiger partial charge in [0.1, 0.15) is 0 Å². The zero-order valence-corrected chi connectivity index (χ0v) is 12.8. The summed E-state index contributed by atoms with van der Waals surface area (Å²) in [5.74, 6) is 0. The standard InChI is InChI=1S/C15H28N2S/c1-3-15(4-2)9-11-17(12-10-15)14(18)16-13-7-5-6-8-13/h13H,3-12H2,1-2H3,(H,16,18). The summed E-state index contributed by atoms with van der Waals surface area (Å²) in [4.78, 5) is 2.40. The van der Waals surface area contributed by atoms with Gasteiger partial charge in [-0.05, 0) is 43.3 Å². The van der Waals surface area contributed by atoms with Gasteiger partial charge in [-0.2, -0.15) is 0 Å². The maximum absolute atomic E-state index is 5.57. The highest BCUT2D eigenvalue weighted by Gasteiger charge is 2.32. The molecule has 2 aliphatic rings. The fraction of sp³-hybridized carbons (Fsp3) is 0.933. The molecule has 0 amide bonds. The van der Waals surface area contributed by atoms with Crippen molar-refractivity contribution in [2.45, 2.75) is 71.3 Å². The van der Waals surface area contributed by atoms with Crippen molar-refractivity contribution < 1.29 is 0 Å². The molecule has 0 aromatic rings. The zero-order valence-electron chi connectivity index (χ0n) is 12.0. The number of rotatable bonds is 3. The molecule has 0 spiro atoms. The van der Waals surface area contributed by atoms with Crippen molar-refractivity contribution in [1.82, 2.24) is 10.2 Å². The Balaban J connectivity index is 1.79. The van der Waals surface area contributed by atoms with E-state index in [1.807, 2.05) is 0 Å². The van der Waals surface area contributed by atoms with Gasteiger partial charge >= 0.3 is 0 Å². The van der Waals surface area contributed by atoms with Gasteiger partial charge in [0.2, 0.25) is 0 Å². The van der Waals surface area contributed by atoms with Gasteiger partial charge in [-0.1, -0.05) is 39.5 Å². The molecule has 0 unspecified atom stereocenters. The largest absolute Gasteiger partial charge is 0.360 e. The predicted molar refractivity (Wildman–Crippen MR) is 81.8 cm³/mol. The molecule has 0 radical (unpaired) electrons. The van der Waals surface area contributed by atoms with Crippen LogP contribution in [0.4, 0.5) is 0 Å². The summed E-state index contributed by atoms with van der Waals surface area (Å²) in [6.45, 7) is 6.99. The monoisotopic (exact) mass is 268 g/mol. The van der Waals surface area contributed by atoms with Crippen LogP contribution < -0.4 is 5.32 Å². The molecule has 2 rings (SSSR count). The van der Waals surface area contributed by atoms with Crippen LogP contribution in [0.3, 0.4) is 0 Å². The predicted octanol–water partition coefficient (Wildman–Crippen LogP) is 3.71. The van der Waals surface area contributed by atoms with Crippen LogP contribution in [-0.4, -0.2) is 29.1 Å². The first-order valence-electron chi connectivity index (χ1n) is 7.74. The minimum Gasteiger partial charge on any atom is -0.360 e. The summed E-state index contributed by atoms with van der Waals surface area (Å²) in [6, 6.07) is 0.654. The molecular weight excluding hydrogens is 240 g/mol. The van der Waals surface area contributed by atoms with E-state index in [-0.39, 0.29) is 0 Å². The fourth-order valence-electron chi connectivity index (χ4n) is 3.48. The first-order chi connectivity index (χ1) is 8.69. The molecule has 1 saturated heterocycles. The quantitative estimate of drug-likeness (QED) is 0.786. The lowest BCUT2D eigenvalue weighted by atomic mass is 9.74. The summed E-state index contributed by atoms with van der Waals surface area (Å²) >= 11 is 5.57. The number of nitrogens with zero attached hydrogens (tertiary/aromatic N) is 1. The van der Waals surface area contributed by atoms with E-state index >= 15 is 0 Å². The Kier molecular flexibility index (Phi) is 4.88. The molecule has 0 bridgehead atoms. The average Bonchev–Trinajstić information content (AvgIpc) is 2.91. The van der Waals surface area contributed by atoms with E-state index in [4.69, 9.17) is 12.2 Å². The van der Waals surface area contributed by atoms with E-state index in [2.05, 4.69) is 24.1 Å². The number of nitrogens with one attached hydrogen (secondary N) is 1. The maximum Gasteiger partial charge on any atom is 0.169 e. The van der Waals surface area contributed by atoms with Crippen LogP contribution in [-0.2, 0) is 0 Å². The van der Waals surface area contributed by atoms with Gasteiger partial charge < -0.3 is 10.2 Å². The lowest BCUT2D eigenvalue weighted by Crippen LogP contribution is -2.49. The molecule has 2 fully saturated rings. The molecular formula is C15H28N2S. The fourth-order valence-corrected chi connectivity index (χ4v) is 3.83. The molecule has 1 aliphatic heterocycles. The van der Waals surface area contributed by atoms with Crippen molar-refractivity contribution in [3.8, 4) is 0 Å². The molecule has 0 aromatic carbocycles. The van der Waals surface area contributed by atoms with E-state index in [9.17, 15) is 0 Å². The van der Waals surface area contributed by atoms with Gasteiger partial charge in [0.05, 0.1) is 0 Å². The Morgan fingerprint density at radius 2 is 1.72 bits per heavy atom. The first kappa shape index (κ1) is 14.1. The Bertz CT molecular complexity index is 270. The highest BCUT2D eigenvalue weighted by Crippen LogP contribution is 2.37. The van der Waals surface area contributed by atoms with Gasteiger partial charge in [-0.25, -0.2) is 0 Å². The Morgan fingerprint density at radius 1 is 1.17 bits per heavy atom. The highest BCUT2D eigenvalue weighted by molar-refractivity contribution is 7.80. The molecule has 0 atom stereocenters. The van der Waals surface area contributed by atoms with Crippen molar-refractivity contribution in [3.63, 3.8) is 0 Å². The molecule has 3 heteroatoms. The van der Waals surface area contributed by atoms with Crippen molar-refractivity contribution in [2.75, 3.05) is 13.1 Å². The van der Waals surface area contributed by atoms with Gasteiger partial charge in [0.15, 0.2) is 5.11 Å². The molecule has 104 valence electrons. The van der Waals surface area contributed by atoms with Crippen LogP contribution in [0.5, 0.6) is 0 Å². The second-order valence-corrected chi connectivity index (χ2v) is 6.51. The molecule has 1 heterocycles. The number of hydrogen-bond donors (Lipinski definition) is 1. The third-order valence-electron chi connectivity index (χ3n) is 5.29.